The van der Waals surface area contributed by atoms with Gasteiger partial charge in [0.25, 0.3) is 5.91 Å². The fourth-order valence-electron chi connectivity index (χ4n) is 1.40. The lowest BCUT2D eigenvalue weighted by molar-refractivity contribution is -0.126. The smallest absolute Gasteiger partial charge is 0.268 e. The number of nitrogens with zero attached hydrogens (tertiary/aromatic N) is 2. The average Bonchev–Trinajstić information content (AvgIpc) is 2.58. The van der Waals surface area contributed by atoms with Crippen LogP contribution in [-0.2, 0) is 4.79 Å². The zero-order chi connectivity index (χ0) is 10.9. The van der Waals surface area contributed by atoms with E-state index >= 15 is 0 Å². The topological polar surface area (TPSA) is 86.6 Å². The first kappa shape index (κ1) is 9.75. The van der Waals surface area contributed by atoms with Crippen molar-refractivity contribution in [3.63, 3.8) is 0 Å². The second-order valence-electron chi connectivity index (χ2n) is 3.38. The van der Waals surface area contributed by atoms with Crippen molar-refractivity contribution in [3.8, 4) is 0 Å². The Hall–Kier alpha value is -1.79. The summed E-state index contributed by atoms with van der Waals surface area (Å²) in [5, 5.41) is 12.9. The summed E-state index contributed by atoms with van der Waals surface area (Å²) in [4.78, 5) is 15.4. The van der Waals surface area contributed by atoms with E-state index in [1.165, 1.54) is 0 Å². The van der Waals surface area contributed by atoms with Gasteiger partial charge in [0.2, 0.25) is 0 Å². The summed E-state index contributed by atoms with van der Waals surface area (Å²) in [5.74, 6) is -0.399. The first-order chi connectivity index (χ1) is 7.18. The summed E-state index contributed by atoms with van der Waals surface area (Å²) in [5.41, 5.74) is 4.16. The third kappa shape index (κ3) is 1.39. The van der Waals surface area contributed by atoms with E-state index in [-0.39, 0.29) is 0 Å². The van der Waals surface area contributed by atoms with Gasteiger partial charge in [0.15, 0.2) is 5.54 Å². The number of hydrogen-bond acceptors (Lipinski definition) is 5. The van der Waals surface area contributed by atoms with Crippen molar-refractivity contribution in [2.75, 3.05) is 0 Å². The molecule has 1 aromatic rings. The largest absolute Gasteiger partial charge is 0.315 e. The zero-order valence-corrected chi connectivity index (χ0v) is 8.06. The van der Waals surface area contributed by atoms with Crippen LogP contribution in [0.4, 0.5) is 0 Å². The van der Waals surface area contributed by atoms with Gasteiger partial charge in [-0.1, -0.05) is 0 Å². The third-order valence-electron chi connectivity index (χ3n) is 2.36. The number of carbonyl (C=O) groups excluding carboxylic acids is 1. The monoisotopic (exact) mass is 206 g/mol. The molecular weight excluding hydrogens is 196 g/mol. The third-order valence-corrected chi connectivity index (χ3v) is 2.36. The molecule has 0 aromatic carbocycles. The molecule has 3 N–H and O–H groups in total. The number of nitrogens with one attached hydrogen (secondary N) is 2. The average molecular weight is 206 g/mol. The number of hydroxylamine groups is 1. The van der Waals surface area contributed by atoms with E-state index in [9.17, 15) is 4.79 Å². The molecule has 0 fully saturated rings. The summed E-state index contributed by atoms with van der Waals surface area (Å²) < 4.78 is 0. The highest BCUT2D eigenvalue weighted by Crippen LogP contribution is 2.17. The minimum absolute atomic E-state index is 0.399. The van der Waals surface area contributed by atoms with Crippen LogP contribution >= 0.6 is 0 Å². The number of hydrogen-bond donors (Lipinski definition) is 3. The van der Waals surface area contributed by atoms with Gasteiger partial charge in [-0.15, -0.1) is 0 Å². The molecule has 1 unspecified atom stereocenters. The van der Waals surface area contributed by atoms with E-state index in [4.69, 9.17) is 5.21 Å². The quantitative estimate of drug-likeness (QED) is 0.577. The van der Waals surface area contributed by atoms with Crippen LogP contribution in [0.5, 0.6) is 0 Å². The summed E-state index contributed by atoms with van der Waals surface area (Å²) in [6.07, 6.45) is 3.20. The highest BCUT2D eigenvalue weighted by Gasteiger charge is 2.43. The van der Waals surface area contributed by atoms with Crippen molar-refractivity contribution < 1.29 is 10.0 Å². The predicted octanol–water partition coefficient (Wildman–Crippen LogP) is -0.347. The minimum atomic E-state index is -1.22. The highest BCUT2D eigenvalue weighted by molar-refractivity contribution is 6.22. The molecule has 1 aliphatic heterocycles. The molecule has 1 atom stereocenters. The molecule has 0 saturated carbocycles. The van der Waals surface area contributed by atoms with Gasteiger partial charge in [0.05, 0.1) is 0 Å². The summed E-state index contributed by atoms with van der Waals surface area (Å²) >= 11 is 0. The Morgan fingerprint density at radius 2 is 2.40 bits per heavy atom. The van der Waals surface area contributed by atoms with E-state index < -0.39 is 11.4 Å². The van der Waals surface area contributed by atoms with Crippen molar-refractivity contribution in [1.82, 2.24) is 15.9 Å². The van der Waals surface area contributed by atoms with Crippen LogP contribution in [0.1, 0.15) is 12.5 Å². The van der Waals surface area contributed by atoms with E-state index in [0.29, 0.717) is 11.3 Å². The van der Waals surface area contributed by atoms with Crippen molar-refractivity contribution in [2.45, 2.75) is 12.5 Å². The first-order valence-corrected chi connectivity index (χ1v) is 4.39. The van der Waals surface area contributed by atoms with Crippen LogP contribution in [-0.4, -0.2) is 27.3 Å². The minimum Gasteiger partial charge on any atom is -0.315 e. The van der Waals surface area contributed by atoms with Gasteiger partial charge in [-0.05, 0) is 19.1 Å². The Morgan fingerprint density at radius 3 is 3.00 bits per heavy atom. The molecular formula is C9H10N4O2. The van der Waals surface area contributed by atoms with Crippen LogP contribution in [0.2, 0.25) is 0 Å². The number of aromatic nitrogens is 1. The Labute approximate surface area is 86.0 Å². The highest BCUT2D eigenvalue weighted by atomic mass is 16.5. The Bertz CT molecular complexity index is 417. The predicted molar refractivity (Wildman–Crippen MR) is 52.2 cm³/mol. The number of rotatable bonds is 2. The molecule has 2 rings (SSSR count). The van der Waals surface area contributed by atoms with Gasteiger partial charge in [0.1, 0.15) is 5.71 Å². The normalized spacial score (nSPS) is 24.9. The van der Waals surface area contributed by atoms with Crippen LogP contribution in [0, 0.1) is 0 Å². The molecule has 15 heavy (non-hydrogen) atoms. The zero-order valence-electron chi connectivity index (χ0n) is 8.06. The van der Waals surface area contributed by atoms with E-state index in [1.54, 1.807) is 31.5 Å². The van der Waals surface area contributed by atoms with E-state index in [1.807, 2.05) is 5.48 Å². The maximum Gasteiger partial charge on any atom is 0.268 e. The molecule has 0 spiro atoms. The van der Waals surface area contributed by atoms with Crippen molar-refractivity contribution in [2.24, 2.45) is 5.10 Å². The van der Waals surface area contributed by atoms with E-state index in [2.05, 4.69) is 15.5 Å². The summed E-state index contributed by atoms with van der Waals surface area (Å²) in [6.45, 7) is 1.54. The summed E-state index contributed by atoms with van der Waals surface area (Å²) in [7, 11) is 0. The van der Waals surface area contributed by atoms with Gasteiger partial charge in [-0.2, -0.15) is 10.6 Å². The molecule has 0 saturated heterocycles. The van der Waals surface area contributed by atoms with Gasteiger partial charge in [-0.25, -0.2) is 5.43 Å². The van der Waals surface area contributed by atoms with Crippen LogP contribution < -0.4 is 10.9 Å². The number of pyridine rings is 1. The molecule has 2 heterocycles. The molecule has 0 radical (unpaired) electrons. The van der Waals surface area contributed by atoms with Gasteiger partial charge in [-0.3, -0.25) is 9.78 Å². The first-order valence-electron chi connectivity index (χ1n) is 4.39. The maximum absolute atomic E-state index is 11.4. The van der Waals surface area contributed by atoms with Crippen molar-refractivity contribution in [3.05, 3.63) is 30.1 Å². The van der Waals surface area contributed by atoms with Gasteiger partial charge < -0.3 is 5.21 Å². The molecule has 1 amide bonds. The van der Waals surface area contributed by atoms with E-state index in [0.717, 1.165) is 0 Å². The molecule has 1 aromatic heterocycles. The fraction of sp³-hybridized carbons (Fsp3) is 0.222. The Morgan fingerprint density at radius 1 is 1.60 bits per heavy atom. The molecule has 78 valence electrons. The van der Waals surface area contributed by atoms with Crippen molar-refractivity contribution >= 4 is 11.6 Å². The standard InChI is InChI=1S/C9H10N4O2/c1-9(13-15)7(11-12-8(9)14)6-3-2-4-10-5-6/h2-5,13,15H,1H3,(H,12,14). The molecule has 0 bridgehead atoms. The van der Waals surface area contributed by atoms with Gasteiger partial charge in [0, 0.05) is 18.0 Å². The summed E-state index contributed by atoms with van der Waals surface area (Å²) in [6, 6.07) is 3.50. The molecule has 6 heteroatoms. The second-order valence-corrected chi connectivity index (χ2v) is 3.38. The Kier molecular flexibility index (Phi) is 2.22. The lowest BCUT2D eigenvalue weighted by Crippen LogP contribution is -2.53. The fourth-order valence-corrected chi connectivity index (χ4v) is 1.40. The molecule has 6 nitrogen and oxygen atoms in total. The van der Waals surface area contributed by atoms with Crippen molar-refractivity contribution in [1.29, 1.82) is 0 Å². The lowest BCUT2D eigenvalue weighted by Gasteiger charge is -2.20. The van der Waals surface area contributed by atoms with Gasteiger partial charge >= 0.3 is 0 Å². The molecule has 0 aliphatic carbocycles. The lowest BCUT2D eigenvalue weighted by atomic mass is 9.92. The molecule has 1 aliphatic rings. The van der Waals surface area contributed by atoms with Crippen LogP contribution in [0.15, 0.2) is 29.6 Å². The SMILES string of the molecule is CC1(NO)C(=O)NN=C1c1cccnc1. The maximum atomic E-state index is 11.4. The number of amides is 1. The Balaban J connectivity index is 2.43. The van der Waals surface area contributed by atoms with Crippen LogP contribution in [0.3, 0.4) is 0 Å². The number of hydrazone groups is 1. The number of carbonyl (C=O) groups is 1. The second kappa shape index (κ2) is 3.41. The van der Waals surface area contributed by atoms with Crippen LogP contribution in [0.25, 0.3) is 0 Å².